The summed E-state index contributed by atoms with van der Waals surface area (Å²) in [5.74, 6) is 0. The molecule has 0 rings (SSSR count). The molecule has 0 aromatic heterocycles. The van der Waals surface area contributed by atoms with Crippen LogP contribution in [-0.2, 0) is 4.74 Å². The van der Waals surface area contributed by atoms with Crippen LogP contribution in [0.1, 0.15) is 6.92 Å². The van der Waals surface area contributed by atoms with Gasteiger partial charge in [-0.3, -0.25) is 0 Å². The Morgan fingerprint density at radius 1 is 1.71 bits per heavy atom. The second-order valence-electron chi connectivity index (χ2n) is 1.65. The van der Waals surface area contributed by atoms with E-state index >= 15 is 0 Å². The van der Waals surface area contributed by atoms with Crippen molar-refractivity contribution < 1.29 is 4.74 Å². The first-order chi connectivity index (χ1) is 3.31. The fraction of sp³-hybridized carbons (Fsp3) is 1.00. The van der Waals surface area contributed by atoms with Gasteiger partial charge in [0, 0.05) is 13.2 Å². The average molecular weight is 103 g/mol. The van der Waals surface area contributed by atoms with Crippen LogP contribution < -0.4 is 5.32 Å². The van der Waals surface area contributed by atoms with Gasteiger partial charge >= 0.3 is 0 Å². The summed E-state index contributed by atoms with van der Waals surface area (Å²) in [6.45, 7) is 2.86. The van der Waals surface area contributed by atoms with E-state index < -0.39 is 0 Å². The first-order valence-electron chi connectivity index (χ1n) is 2.47. The molecule has 0 heterocycles. The zero-order valence-corrected chi connectivity index (χ0v) is 5.19. The zero-order valence-electron chi connectivity index (χ0n) is 5.19. The fourth-order valence-corrected chi connectivity index (χ4v) is 0.333. The van der Waals surface area contributed by atoms with Gasteiger partial charge in [0.05, 0.1) is 6.61 Å². The molecule has 44 valence electrons. The summed E-state index contributed by atoms with van der Waals surface area (Å²) in [6.07, 6.45) is 0. The number of rotatable bonds is 3. The Kier molecular flexibility index (Phi) is 4.04. The predicted octanol–water partition coefficient (Wildman–Crippen LogP) is 0.241. The maximum Gasteiger partial charge on any atom is 0.0613 e. The second kappa shape index (κ2) is 4.09. The molecule has 0 saturated carbocycles. The van der Waals surface area contributed by atoms with Crippen LogP contribution in [0.4, 0.5) is 0 Å². The number of ether oxygens (including phenoxy) is 1. The molecule has 0 radical (unpaired) electrons. The Bertz CT molecular complexity index is 39.1. The third-order valence-corrected chi connectivity index (χ3v) is 0.909. The molecular formula is C5H13NO. The predicted molar refractivity (Wildman–Crippen MR) is 30.4 cm³/mol. The highest BCUT2D eigenvalue weighted by Gasteiger charge is 1.91. The molecule has 1 atom stereocenters. The van der Waals surface area contributed by atoms with Crippen molar-refractivity contribution in [1.82, 2.24) is 5.32 Å². The lowest BCUT2D eigenvalue weighted by Gasteiger charge is -2.05. The number of likely N-dealkylation sites (N-methyl/N-ethyl adjacent to an activating group) is 1. The molecule has 0 aliphatic heterocycles. The van der Waals surface area contributed by atoms with Gasteiger partial charge in [-0.05, 0) is 14.0 Å². The van der Waals surface area contributed by atoms with Crippen molar-refractivity contribution >= 4 is 0 Å². The summed E-state index contributed by atoms with van der Waals surface area (Å²) >= 11 is 0. The zero-order chi connectivity index (χ0) is 5.70. The molecule has 0 aliphatic rings. The molecule has 1 N–H and O–H groups in total. The van der Waals surface area contributed by atoms with E-state index in [1.807, 2.05) is 7.05 Å². The number of hydrogen-bond donors (Lipinski definition) is 1. The van der Waals surface area contributed by atoms with Gasteiger partial charge in [0.1, 0.15) is 0 Å². The van der Waals surface area contributed by atoms with E-state index in [1.54, 1.807) is 7.11 Å². The molecule has 0 aliphatic carbocycles. The molecule has 1 unspecified atom stereocenters. The van der Waals surface area contributed by atoms with E-state index in [4.69, 9.17) is 4.74 Å². The third-order valence-electron chi connectivity index (χ3n) is 0.909. The largest absolute Gasteiger partial charge is 0.383 e. The molecule has 0 aromatic carbocycles. The van der Waals surface area contributed by atoms with Crippen LogP contribution in [0.5, 0.6) is 0 Å². The van der Waals surface area contributed by atoms with E-state index in [0.717, 1.165) is 6.61 Å². The Labute approximate surface area is 44.9 Å². The van der Waals surface area contributed by atoms with Crippen molar-refractivity contribution in [3.8, 4) is 0 Å². The van der Waals surface area contributed by atoms with Gasteiger partial charge < -0.3 is 10.1 Å². The Balaban J connectivity index is 2.83. The Morgan fingerprint density at radius 3 is 2.43 bits per heavy atom. The van der Waals surface area contributed by atoms with E-state index in [1.165, 1.54) is 0 Å². The second-order valence-corrected chi connectivity index (χ2v) is 1.65. The highest BCUT2D eigenvalue weighted by atomic mass is 16.5. The molecule has 0 bridgehead atoms. The minimum Gasteiger partial charge on any atom is -0.383 e. The minimum atomic E-state index is 0.477. The topological polar surface area (TPSA) is 21.3 Å². The van der Waals surface area contributed by atoms with Crippen LogP contribution >= 0.6 is 0 Å². The summed E-state index contributed by atoms with van der Waals surface area (Å²) in [5, 5.41) is 3.04. The summed E-state index contributed by atoms with van der Waals surface area (Å²) in [4.78, 5) is 0. The van der Waals surface area contributed by atoms with Crippen LogP contribution in [0.15, 0.2) is 0 Å². The highest BCUT2D eigenvalue weighted by Crippen LogP contribution is 1.76. The molecule has 0 amide bonds. The standard InChI is InChI=1S/C5H13NO/c1-5(6-2)4-7-3/h5-6H,4H2,1-3H3. The summed E-state index contributed by atoms with van der Waals surface area (Å²) < 4.78 is 4.83. The van der Waals surface area contributed by atoms with Crippen LogP contribution in [0.25, 0.3) is 0 Å². The summed E-state index contributed by atoms with van der Waals surface area (Å²) in [6, 6.07) is 0.477. The fourth-order valence-electron chi connectivity index (χ4n) is 0.333. The van der Waals surface area contributed by atoms with Gasteiger partial charge in [0.25, 0.3) is 0 Å². The Morgan fingerprint density at radius 2 is 2.29 bits per heavy atom. The van der Waals surface area contributed by atoms with Gasteiger partial charge in [-0.25, -0.2) is 0 Å². The summed E-state index contributed by atoms with van der Waals surface area (Å²) in [5.41, 5.74) is 0. The maximum atomic E-state index is 4.83. The smallest absolute Gasteiger partial charge is 0.0613 e. The van der Waals surface area contributed by atoms with Crippen molar-refractivity contribution in [2.45, 2.75) is 13.0 Å². The van der Waals surface area contributed by atoms with Gasteiger partial charge in [-0.1, -0.05) is 0 Å². The van der Waals surface area contributed by atoms with E-state index in [0.29, 0.717) is 6.04 Å². The number of nitrogens with one attached hydrogen (secondary N) is 1. The third kappa shape index (κ3) is 3.76. The first-order valence-corrected chi connectivity index (χ1v) is 2.47. The minimum absolute atomic E-state index is 0.477. The maximum absolute atomic E-state index is 4.83. The Hall–Kier alpha value is -0.0800. The first kappa shape index (κ1) is 6.92. The highest BCUT2D eigenvalue weighted by molar-refractivity contribution is 4.51. The molecule has 7 heavy (non-hydrogen) atoms. The average Bonchev–Trinajstić information content (AvgIpc) is 1.68. The van der Waals surface area contributed by atoms with Gasteiger partial charge in [-0.2, -0.15) is 0 Å². The quantitative estimate of drug-likeness (QED) is 0.552. The van der Waals surface area contributed by atoms with Crippen LogP contribution in [0, 0.1) is 0 Å². The molecule has 2 heteroatoms. The van der Waals surface area contributed by atoms with E-state index in [9.17, 15) is 0 Å². The number of hydrogen-bond acceptors (Lipinski definition) is 2. The van der Waals surface area contributed by atoms with Crippen molar-refractivity contribution in [1.29, 1.82) is 0 Å². The number of methoxy groups -OCH3 is 1. The summed E-state index contributed by atoms with van der Waals surface area (Å²) in [7, 11) is 3.62. The van der Waals surface area contributed by atoms with Gasteiger partial charge in [-0.15, -0.1) is 0 Å². The molecule has 0 spiro atoms. The lowest BCUT2D eigenvalue weighted by molar-refractivity contribution is 0.175. The van der Waals surface area contributed by atoms with Gasteiger partial charge in [0.15, 0.2) is 0 Å². The van der Waals surface area contributed by atoms with Crippen molar-refractivity contribution in [2.24, 2.45) is 0 Å². The van der Waals surface area contributed by atoms with E-state index in [2.05, 4.69) is 12.2 Å². The van der Waals surface area contributed by atoms with Crippen LogP contribution in [-0.4, -0.2) is 26.8 Å². The van der Waals surface area contributed by atoms with Gasteiger partial charge in [0.2, 0.25) is 0 Å². The van der Waals surface area contributed by atoms with Crippen LogP contribution in [0.2, 0.25) is 0 Å². The lowest BCUT2D eigenvalue weighted by Crippen LogP contribution is -2.25. The molecule has 0 aromatic rings. The van der Waals surface area contributed by atoms with Crippen molar-refractivity contribution in [3.63, 3.8) is 0 Å². The molecule has 2 nitrogen and oxygen atoms in total. The lowest BCUT2D eigenvalue weighted by atomic mass is 10.4. The van der Waals surface area contributed by atoms with Crippen molar-refractivity contribution in [2.75, 3.05) is 20.8 Å². The SMILES string of the molecule is CNC(C)COC. The van der Waals surface area contributed by atoms with Crippen LogP contribution in [0.3, 0.4) is 0 Å². The molecule has 0 fully saturated rings. The normalized spacial score (nSPS) is 14.1. The molecular weight excluding hydrogens is 90.1 g/mol. The van der Waals surface area contributed by atoms with E-state index in [-0.39, 0.29) is 0 Å². The van der Waals surface area contributed by atoms with Crippen molar-refractivity contribution in [3.05, 3.63) is 0 Å². The molecule has 0 saturated heterocycles. The monoisotopic (exact) mass is 103 g/mol.